The van der Waals surface area contributed by atoms with Crippen LogP contribution in [0.25, 0.3) is 0 Å². The number of benzene rings is 1. The van der Waals surface area contributed by atoms with Gasteiger partial charge >= 0.3 is 0 Å². The zero-order chi connectivity index (χ0) is 11.7. The van der Waals surface area contributed by atoms with Crippen molar-refractivity contribution in [1.82, 2.24) is 5.32 Å². The van der Waals surface area contributed by atoms with Gasteiger partial charge in [0.25, 0.3) is 0 Å². The Morgan fingerprint density at radius 1 is 1.38 bits per heavy atom. The number of carbonyl (C=O) groups is 1. The van der Waals surface area contributed by atoms with E-state index >= 15 is 0 Å². The molecular formula is C12H14N2OS. The van der Waals surface area contributed by atoms with E-state index < -0.39 is 0 Å². The molecule has 4 heteroatoms. The Morgan fingerprint density at radius 3 is 2.75 bits per heavy atom. The molecule has 1 saturated heterocycles. The Bertz CT molecular complexity index is 468. The Morgan fingerprint density at radius 2 is 2.12 bits per heavy atom. The number of aryl methyl sites for hydroxylation is 2. The van der Waals surface area contributed by atoms with E-state index in [-0.39, 0.29) is 11.2 Å². The van der Waals surface area contributed by atoms with E-state index in [9.17, 15) is 4.79 Å². The first-order valence-electron chi connectivity index (χ1n) is 5.20. The standard InChI is InChI=1S/C12H14N2OS/c1-7-4-5-8(2)10(6-7)13-12-14-11(15)9(3)16-12/h4-6,9H,1-3H3,(H,13,14,15). The number of amidine groups is 1. The van der Waals surface area contributed by atoms with Crippen LogP contribution in [0.2, 0.25) is 0 Å². The Labute approximate surface area is 99.3 Å². The van der Waals surface area contributed by atoms with Crippen molar-refractivity contribution in [3.63, 3.8) is 0 Å². The summed E-state index contributed by atoms with van der Waals surface area (Å²) < 4.78 is 0. The summed E-state index contributed by atoms with van der Waals surface area (Å²) in [5, 5.41) is 3.43. The van der Waals surface area contributed by atoms with E-state index in [4.69, 9.17) is 0 Å². The molecule has 0 saturated carbocycles. The molecule has 1 aliphatic rings. The van der Waals surface area contributed by atoms with Crippen molar-refractivity contribution in [2.45, 2.75) is 26.0 Å². The van der Waals surface area contributed by atoms with Crippen molar-refractivity contribution in [1.29, 1.82) is 0 Å². The lowest BCUT2D eigenvalue weighted by molar-refractivity contribution is -0.118. The van der Waals surface area contributed by atoms with Crippen molar-refractivity contribution in [2.24, 2.45) is 4.99 Å². The fraction of sp³-hybridized carbons (Fsp3) is 0.333. The van der Waals surface area contributed by atoms with Gasteiger partial charge in [0.05, 0.1) is 10.9 Å². The number of thioether (sulfide) groups is 1. The van der Waals surface area contributed by atoms with E-state index in [0.717, 1.165) is 11.3 Å². The molecular weight excluding hydrogens is 220 g/mol. The number of hydrogen-bond acceptors (Lipinski definition) is 3. The Hall–Kier alpha value is -1.29. The fourth-order valence-electron chi connectivity index (χ4n) is 1.46. The molecule has 1 amide bonds. The average molecular weight is 234 g/mol. The van der Waals surface area contributed by atoms with Gasteiger partial charge in [-0.05, 0) is 38.0 Å². The van der Waals surface area contributed by atoms with Crippen molar-refractivity contribution in [3.8, 4) is 0 Å². The number of nitrogens with zero attached hydrogens (tertiary/aromatic N) is 1. The summed E-state index contributed by atoms with van der Waals surface area (Å²) >= 11 is 1.47. The minimum absolute atomic E-state index is 0.0362. The first-order chi connectivity index (χ1) is 7.56. The normalized spacial score (nSPS) is 22.6. The third-order valence-electron chi connectivity index (χ3n) is 2.47. The van der Waals surface area contributed by atoms with Crippen LogP contribution in [0.1, 0.15) is 18.1 Å². The lowest BCUT2D eigenvalue weighted by Crippen LogP contribution is -2.23. The lowest BCUT2D eigenvalue weighted by Gasteiger charge is -2.02. The monoisotopic (exact) mass is 234 g/mol. The second-order valence-corrected chi connectivity index (χ2v) is 5.29. The van der Waals surface area contributed by atoms with E-state index in [2.05, 4.69) is 16.4 Å². The van der Waals surface area contributed by atoms with E-state index in [0.29, 0.717) is 5.17 Å². The fourth-order valence-corrected chi connectivity index (χ4v) is 2.27. The second-order valence-electron chi connectivity index (χ2n) is 3.96. The molecule has 1 fully saturated rings. The minimum atomic E-state index is -0.0381. The van der Waals surface area contributed by atoms with Gasteiger partial charge < -0.3 is 5.32 Å². The van der Waals surface area contributed by atoms with Gasteiger partial charge in [-0.15, -0.1) is 0 Å². The van der Waals surface area contributed by atoms with Crippen LogP contribution in [0.4, 0.5) is 5.69 Å². The van der Waals surface area contributed by atoms with Crippen molar-refractivity contribution in [3.05, 3.63) is 29.3 Å². The maximum atomic E-state index is 11.3. The predicted molar refractivity (Wildman–Crippen MR) is 68.2 cm³/mol. The minimum Gasteiger partial charge on any atom is -0.304 e. The SMILES string of the molecule is Cc1ccc(C)c(N=C2NC(=O)C(C)S2)c1. The summed E-state index contributed by atoms with van der Waals surface area (Å²) in [6, 6.07) is 6.12. The molecule has 3 nitrogen and oxygen atoms in total. The average Bonchev–Trinajstić information content (AvgIpc) is 2.52. The maximum absolute atomic E-state index is 11.3. The summed E-state index contributed by atoms with van der Waals surface area (Å²) in [5.74, 6) is 0.0362. The van der Waals surface area contributed by atoms with Crippen molar-refractivity contribution < 1.29 is 4.79 Å². The third kappa shape index (κ3) is 2.27. The summed E-state index contributed by atoms with van der Waals surface area (Å²) in [6.45, 7) is 5.93. The molecule has 1 atom stereocenters. The van der Waals surface area contributed by atoms with Crippen LogP contribution in [-0.2, 0) is 4.79 Å². The topological polar surface area (TPSA) is 41.5 Å². The van der Waals surface area contributed by atoms with Crippen LogP contribution in [0.5, 0.6) is 0 Å². The zero-order valence-corrected chi connectivity index (χ0v) is 10.4. The van der Waals surface area contributed by atoms with Crippen LogP contribution >= 0.6 is 11.8 Å². The van der Waals surface area contributed by atoms with Gasteiger partial charge in [0, 0.05) is 0 Å². The summed E-state index contributed by atoms with van der Waals surface area (Å²) in [7, 11) is 0. The molecule has 0 bridgehead atoms. The van der Waals surface area contributed by atoms with E-state index in [1.807, 2.05) is 32.9 Å². The molecule has 0 radical (unpaired) electrons. The quantitative estimate of drug-likeness (QED) is 0.811. The Balaban J connectivity index is 2.30. The second kappa shape index (κ2) is 4.29. The Kier molecular flexibility index (Phi) is 3.01. The maximum Gasteiger partial charge on any atom is 0.239 e. The van der Waals surface area contributed by atoms with Crippen LogP contribution in [-0.4, -0.2) is 16.3 Å². The highest BCUT2D eigenvalue weighted by Crippen LogP contribution is 2.25. The van der Waals surface area contributed by atoms with E-state index in [1.54, 1.807) is 0 Å². The number of carbonyl (C=O) groups excluding carboxylic acids is 1. The van der Waals surface area contributed by atoms with Gasteiger partial charge in [-0.2, -0.15) is 0 Å². The zero-order valence-electron chi connectivity index (χ0n) is 9.57. The highest BCUT2D eigenvalue weighted by atomic mass is 32.2. The summed E-state index contributed by atoms with van der Waals surface area (Å²) in [4.78, 5) is 15.8. The molecule has 1 heterocycles. The molecule has 84 valence electrons. The summed E-state index contributed by atoms with van der Waals surface area (Å²) in [5.41, 5.74) is 3.22. The molecule has 0 spiro atoms. The van der Waals surface area contributed by atoms with E-state index in [1.165, 1.54) is 17.3 Å². The van der Waals surface area contributed by atoms with Crippen LogP contribution < -0.4 is 5.32 Å². The molecule has 0 aliphatic carbocycles. The molecule has 0 aromatic heterocycles. The molecule has 2 rings (SSSR count). The number of aliphatic imine (C=N–C) groups is 1. The number of rotatable bonds is 1. The smallest absolute Gasteiger partial charge is 0.239 e. The first-order valence-corrected chi connectivity index (χ1v) is 6.07. The van der Waals surface area contributed by atoms with Gasteiger partial charge in [-0.25, -0.2) is 4.99 Å². The number of hydrogen-bond donors (Lipinski definition) is 1. The summed E-state index contributed by atoms with van der Waals surface area (Å²) in [6.07, 6.45) is 0. The highest BCUT2D eigenvalue weighted by Gasteiger charge is 2.25. The molecule has 1 aromatic carbocycles. The molecule has 1 aromatic rings. The van der Waals surface area contributed by atoms with Gasteiger partial charge in [0.2, 0.25) is 5.91 Å². The van der Waals surface area contributed by atoms with Gasteiger partial charge in [0.15, 0.2) is 5.17 Å². The largest absolute Gasteiger partial charge is 0.304 e. The van der Waals surface area contributed by atoms with Gasteiger partial charge in [-0.3, -0.25) is 4.79 Å². The lowest BCUT2D eigenvalue weighted by atomic mass is 10.1. The molecule has 1 unspecified atom stereocenters. The van der Waals surface area contributed by atoms with Gasteiger partial charge in [0.1, 0.15) is 0 Å². The first kappa shape index (κ1) is 11.2. The van der Waals surface area contributed by atoms with Crippen LogP contribution in [0, 0.1) is 13.8 Å². The highest BCUT2D eigenvalue weighted by molar-refractivity contribution is 8.15. The predicted octanol–water partition coefficient (Wildman–Crippen LogP) is 2.54. The van der Waals surface area contributed by atoms with Crippen LogP contribution in [0.15, 0.2) is 23.2 Å². The molecule has 16 heavy (non-hydrogen) atoms. The molecule has 1 aliphatic heterocycles. The van der Waals surface area contributed by atoms with Gasteiger partial charge in [-0.1, -0.05) is 23.9 Å². The third-order valence-corrected chi connectivity index (χ3v) is 3.46. The molecule has 1 N–H and O–H groups in total. The van der Waals surface area contributed by atoms with Crippen molar-refractivity contribution in [2.75, 3.05) is 0 Å². The van der Waals surface area contributed by atoms with Crippen molar-refractivity contribution >= 4 is 28.5 Å². The van der Waals surface area contributed by atoms with Crippen LogP contribution in [0.3, 0.4) is 0 Å². The number of amides is 1. The number of nitrogens with one attached hydrogen (secondary N) is 1.